The van der Waals surface area contributed by atoms with Gasteiger partial charge in [-0.15, -0.1) is 0 Å². The number of aromatic amines is 1. The van der Waals surface area contributed by atoms with E-state index in [9.17, 15) is 4.79 Å². The van der Waals surface area contributed by atoms with Gasteiger partial charge in [-0.1, -0.05) is 36.0 Å². The first-order chi connectivity index (χ1) is 10.2. The van der Waals surface area contributed by atoms with E-state index in [0.717, 1.165) is 19.5 Å². The van der Waals surface area contributed by atoms with Gasteiger partial charge in [-0.05, 0) is 24.5 Å². The third-order valence-corrected chi connectivity index (χ3v) is 4.76. The minimum atomic E-state index is 0.174. The molecule has 0 spiro atoms. The molecule has 2 heterocycles. The highest BCUT2D eigenvalue weighted by atomic mass is 32.2. The molecule has 1 aliphatic rings. The van der Waals surface area contributed by atoms with Gasteiger partial charge in [0.1, 0.15) is 6.33 Å². The van der Waals surface area contributed by atoms with Gasteiger partial charge in [0.25, 0.3) is 0 Å². The lowest BCUT2D eigenvalue weighted by Gasteiger charge is -2.17. The van der Waals surface area contributed by atoms with E-state index in [1.807, 2.05) is 4.90 Å². The number of rotatable bonds is 4. The van der Waals surface area contributed by atoms with E-state index in [4.69, 9.17) is 0 Å². The Balaban J connectivity index is 1.57. The number of hydrogen-bond acceptors (Lipinski definition) is 4. The molecule has 1 aromatic heterocycles. The lowest BCUT2D eigenvalue weighted by atomic mass is 9.94. The molecule has 1 aliphatic heterocycles. The maximum absolute atomic E-state index is 12.2. The third kappa shape index (κ3) is 3.26. The smallest absolute Gasteiger partial charge is 0.233 e. The van der Waals surface area contributed by atoms with Crippen molar-refractivity contribution in [2.75, 3.05) is 18.8 Å². The van der Waals surface area contributed by atoms with Gasteiger partial charge >= 0.3 is 0 Å². The average Bonchev–Trinajstić information content (AvgIpc) is 3.17. The molecular formula is C15H18N4OS. The van der Waals surface area contributed by atoms with Gasteiger partial charge in [0.15, 0.2) is 5.16 Å². The molecule has 2 aromatic rings. The largest absolute Gasteiger partial charge is 0.341 e. The van der Waals surface area contributed by atoms with Crippen LogP contribution in [0, 0.1) is 6.92 Å². The van der Waals surface area contributed by atoms with Crippen molar-refractivity contribution in [3.63, 3.8) is 0 Å². The van der Waals surface area contributed by atoms with Crippen LogP contribution in [0.15, 0.2) is 35.7 Å². The van der Waals surface area contributed by atoms with Crippen LogP contribution in [0.3, 0.4) is 0 Å². The number of carbonyl (C=O) groups is 1. The number of thioether (sulfide) groups is 1. The number of amides is 1. The Labute approximate surface area is 128 Å². The second kappa shape index (κ2) is 6.30. The quantitative estimate of drug-likeness (QED) is 0.880. The first-order valence-electron chi connectivity index (χ1n) is 7.05. The number of aromatic nitrogens is 3. The molecule has 6 heteroatoms. The fourth-order valence-corrected chi connectivity index (χ4v) is 3.45. The molecule has 0 bridgehead atoms. The molecule has 1 atom stereocenters. The Bertz CT molecular complexity index is 614. The van der Waals surface area contributed by atoms with Crippen LogP contribution in [-0.4, -0.2) is 44.8 Å². The highest BCUT2D eigenvalue weighted by Gasteiger charge is 2.27. The molecule has 5 nitrogen and oxygen atoms in total. The lowest BCUT2D eigenvalue weighted by molar-refractivity contribution is -0.127. The van der Waals surface area contributed by atoms with Crippen LogP contribution in [0.25, 0.3) is 0 Å². The molecule has 1 amide bonds. The summed E-state index contributed by atoms with van der Waals surface area (Å²) in [6, 6.07) is 8.45. The van der Waals surface area contributed by atoms with Crippen LogP contribution in [-0.2, 0) is 4.79 Å². The summed E-state index contributed by atoms with van der Waals surface area (Å²) >= 11 is 1.40. The predicted molar refractivity (Wildman–Crippen MR) is 82.2 cm³/mol. The Kier molecular flexibility index (Phi) is 4.24. The number of likely N-dealkylation sites (tertiary alicyclic amines) is 1. The van der Waals surface area contributed by atoms with E-state index >= 15 is 0 Å². The van der Waals surface area contributed by atoms with E-state index in [0.29, 0.717) is 16.8 Å². The molecule has 21 heavy (non-hydrogen) atoms. The van der Waals surface area contributed by atoms with E-state index < -0.39 is 0 Å². The number of nitrogens with one attached hydrogen (secondary N) is 1. The zero-order valence-electron chi connectivity index (χ0n) is 12.0. The van der Waals surface area contributed by atoms with Gasteiger partial charge in [-0.3, -0.25) is 9.89 Å². The number of H-pyrrole nitrogens is 1. The molecule has 0 unspecified atom stereocenters. The minimum Gasteiger partial charge on any atom is -0.341 e. The number of aryl methyl sites for hydroxylation is 1. The summed E-state index contributed by atoms with van der Waals surface area (Å²) in [7, 11) is 0. The molecule has 1 saturated heterocycles. The summed E-state index contributed by atoms with van der Waals surface area (Å²) in [5, 5.41) is 7.23. The summed E-state index contributed by atoms with van der Waals surface area (Å²) in [5.74, 6) is 1.05. The van der Waals surface area contributed by atoms with Gasteiger partial charge in [-0.25, -0.2) is 4.98 Å². The number of hydrogen-bond donors (Lipinski definition) is 1. The zero-order valence-corrected chi connectivity index (χ0v) is 12.8. The van der Waals surface area contributed by atoms with Crippen molar-refractivity contribution in [1.82, 2.24) is 20.1 Å². The first kappa shape index (κ1) is 14.1. The summed E-state index contributed by atoms with van der Waals surface area (Å²) in [6.07, 6.45) is 2.50. The molecule has 1 fully saturated rings. The van der Waals surface area contributed by atoms with E-state index in [1.165, 1.54) is 29.2 Å². The number of carbonyl (C=O) groups excluding carboxylic acids is 1. The van der Waals surface area contributed by atoms with Crippen LogP contribution < -0.4 is 0 Å². The van der Waals surface area contributed by atoms with Gasteiger partial charge in [0.2, 0.25) is 5.91 Å². The van der Waals surface area contributed by atoms with Gasteiger partial charge < -0.3 is 4.90 Å². The topological polar surface area (TPSA) is 61.9 Å². The molecule has 3 rings (SSSR count). The van der Waals surface area contributed by atoms with Crippen molar-refractivity contribution >= 4 is 17.7 Å². The summed E-state index contributed by atoms with van der Waals surface area (Å²) in [5.41, 5.74) is 2.68. The second-order valence-electron chi connectivity index (χ2n) is 5.26. The van der Waals surface area contributed by atoms with Crippen molar-refractivity contribution in [3.05, 3.63) is 41.7 Å². The van der Waals surface area contributed by atoms with Gasteiger partial charge in [0.05, 0.1) is 5.75 Å². The highest BCUT2D eigenvalue weighted by Crippen LogP contribution is 2.29. The molecular weight excluding hydrogens is 284 g/mol. The van der Waals surface area contributed by atoms with Crippen molar-refractivity contribution < 1.29 is 4.79 Å². The van der Waals surface area contributed by atoms with Crippen LogP contribution in [0.4, 0.5) is 0 Å². The standard InChI is InChI=1S/C15H18N4OS/c1-11-4-2-3-5-13(11)12-6-7-19(8-12)14(20)9-21-15-16-10-17-18-15/h2-5,10,12H,6-9H2,1H3,(H,16,17,18)/t12-/m0/s1. The fraction of sp³-hybridized carbons (Fsp3) is 0.400. The van der Waals surface area contributed by atoms with Crippen LogP contribution >= 0.6 is 11.8 Å². The second-order valence-corrected chi connectivity index (χ2v) is 6.23. The monoisotopic (exact) mass is 302 g/mol. The van der Waals surface area contributed by atoms with Gasteiger partial charge in [-0.2, -0.15) is 5.10 Å². The normalized spacial score (nSPS) is 18.1. The molecule has 1 aromatic carbocycles. The maximum atomic E-state index is 12.2. The third-order valence-electron chi connectivity index (χ3n) is 3.89. The van der Waals surface area contributed by atoms with Crippen molar-refractivity contribution in [3.8, 4) is 0 Å². The Morgan fingerprint density at radius 1 is 1.48 bits per heavy atom. The first-order valence-corrected chi connectivity index (χ1v) is 8.04. The average molecular weight is 302 g/mol. The fourth-order valence-electron chi connectivity index (χ4n) is 2.77. The number of nitrogens with zero attached hydrogens (tertiary/aromatic N) is 3. The maximum Gasteiger partial charge on any atom is 0.233 e. The van der Waals surface area contributed by atoms with Crippen molar-refractivity contribution in [1.29, 1.82) is 0 Å². The zero-order chi connectivity index (χ0) is 14.7. The Morgan fingerprint density at radius 2 is 2.33 bits per heavy atom. The number of benzene rings is 1. The molecule has 0 saturated carbocycles. The van der Waals surface area contributed by atoms with E-state index in [2.05, 4.69) is 46.4 Å². The lowest BCUT2D eigenvalue weighted by Crippen LogP contribution is -2.30. The van der Waals surface area contributed by atoms with Crippen LogP contribution in [0.1, 0.15) is 23.5 Å². The molecule has 1 N–H and O–H groups in total. The van der Waals surface area contributed by atoms with E-state index in [1.54, 1.807) is 0 Å². The molecule has 0 aliphatic carbocycles. The van der Waals surface area contributed by atoms with E-state index in [-0.39, 0.29) is 5.91 Å². The minimum absolute atomic E-state index is 0.174. The highest BCUT2D eigenvalue weighted by molar-refractivity contribution is 7.99. The summed E-state index contributed by atoms with van der Waals surface area (Å²) < 4.78 is 0. The van der Waals surface area contributed by atoms with Crippen molar-refractivity contribution in [2.24, 2.45) is 0 Å². The van der Waals surface area contributed by atoms with Crippen LogP contribution in [0.2, 0.25) is 0 Å². The Morgan fingerprint density at radius 3 is 3.10 bits per heavy atom. The van der Waals surface area contributed by atoms with Crippen LogP contribution in [0.5, 0.6) is 0 Å². The molecule has 0 radical (unpaired) electrons. The summed E-state index contributed by atoms with van der Waals surface area (Å²) in [6.45, 7) is 3.80. The molecule has 110 valence electrons. The predicted octanol–water partition coefficient (Wildman–Crippen LogP) is 2.22. The van der Waals surface area contributed by atoms with Crippen molar-refractivity contribution in [2.45, 2.75) is 24.4 Å². The summed E-state index contributed by atoms with van der Waals surface area (Å²) in [4.78, 5) is 18.2. The SMILES string of the molecule is Cc1ccccc1[C@H]1CCN(C(=O)CSc2ncn[nH]2)C1. The van der Waals surface area contributed by atoms with Gasteiger partial charge in [0, 0.05) is 19.0 Å². The Hall–Kier alpha value is -1.82.